The minimum Gasteiger partial charge on any atom is -0.394 e. The lowest BCUT2D eigenvalue weighted by Crippen LogP contribution is -2.34. The van der Waals surface area contributed by atoms with Gasteiger partial charge >= 0.3 is 5.69 Å². The molecule has 9 heteroatoms. The van der Waals surface area contributed by atoms with Crippen molar-refractivity contribution in [3.05, 3.63) is 58.6 Å². The smallest absolute Gasteiger partial charge is 0.351 e. The van der Waals surface area contributed by atoms with Crippen LogP contribution in [0.5, 0.6) is 0 Å². The third-order valence-electron chi connectivity index (χ3n) is 3.85. The summed E-state index contributed by atoms with van der Waals surface area (Å²) >= 11 is 0. The molecule has 1 fully saturated rings. The van der Waals surface area contributed by atoms with E-state index in [0.29, 0.717) is 5.56 Å². The largest absolute Gasteiger partial charge is 0.394 e. The molecule has 0 saturated carbocycles. The number of carbonyl (C=O) groups is 1. The molecular weight excluding hydrogens is 333 g/mol. The minimum atomic E-state index is -1.82. The first-order chi connectivity index (χ1) is 12.0. The van der Waals surface area contributed by atoms with Crippen LogP contribution in [0.1, 0.15) is 16.6 Å². The van der Waals surface area contributed by atoms with Gasteiger partial charge in [0, 0.05) is 11.8 Å². The number of rotatable bonds is 4. The Kier molecular flexibility index (Phi) is 4.88. The van der Waals surface area contributed by atoms with Gasteiger partial charge in [0.25, 0.3) is 5.91 Å². The van der Waals surface area contributed by atoms with E-state index < -0.39 is 42.8 Å². The zero-order valence-corrected chi connectivity index (χ0v) is 12.9. The molecule has 1 aromatic heterocycles. The molecule has 3 rings (SSSR count). The molecule has 0 aliphatic carbocycles. The van der Waals surface area contributed by atoms with E-state index in [2.05, 4.69) is 10.3 Å². The number of carbonyl (C=O) groups excluding carboxylic acids is 1. The fourth-order valence-corrected chi connectivity index (χ4v) is 2.54. The minimum absolute atomic E-state index is 0.0121. The van der Waals surface area contributed by atoms with Gasteiger partial charge in [-0.25, -0.2) is 9.18 Å². The van der Waals surface area contributed by atoms with Crippen LogP contribution in [0.25, 0.3) is 0 Å². The molecule has 25 heavy (non-hydrogen) atoms. The number of nitrogens with one attached hydrogen (secondary N) is 1. The number of aliphatic hydroxyl groups is 2. The Morgan fingerprint density at radius 2 is 2.04 bits per heavy atom. The van der Waals surface area contributed by atoms with Crippen molar-refractivity contribution in [3.63, 3.8) is 0 Å². The fraction of sp³-hybridized carbons (Fsp3) is 0.312. The van der Waals surface area contributed by atoms with E-state index in [0.717, 1.165) is 4.57 Å². The maximum absolute atomic E-state index is 13.8. The highest BCUT2D eigenvalue weighted by atomic mass is 19.1. The van der Waals surface area contributed by atoms with Crippen LogP contribution in [0.3, 0.4) is 0 Å². The van der Waals surface area contributed by atoms with Gasteiger partial charge in [0.15, 0.2) is 12.4 Å². The molecule has 0 spiro atoms. The van der Waals surface area contributed by atoms with Crippen LogP contribution in [0.4, 0.5) is 10.2 Å². The molecule has 1 amide bonds. The summed E-state index contributed by atoms with van der Waals surface area (Å²) in [5.41, 5.74) is -0.435. The quantitative estimate of drug-likeness (QED) is 0.721. The lowest BCUT2D eigenvalue weighted by Gasteiger charge is -2.17. The summed E-state index contributed by atoms with van der Waals surface area (Å²) < 4.78 is 19.8. The average Bonchev–Trinajstić information content (AvgIpc) is 2.91. The molecule has 1 aliphatic heterocycles. The number of amides is 1. The number of hydrogen-bond acceptors (Lipinski definition) is 6. The summed E-state index contributed by atoms with van der Waals surface area (Å²) in [5, 5.41) is 21.3. The number of ether oxygens (including phenoxy) is 1. The maximum Gasteiger partial charge on any atom is 0.351 e. The van der Waals surface area contributed by atoms with Crippen molar-refractivity contribution in [2.75, 3.05) is 11.9 Å². The highest BCUT2D eigenvalue weighted by Gasteiger charge is 2.45. The molecule has 132 valence electrons. The SMILES string of the molecule is O=C(Nc1ccn(C2OC(CO)C(F)C2O)c(=O)n1)c1ccccc1. The lowest BCUT2D eigenvalue weighted by atomic mass is 10.1. The van der Waals surface area contributed by atoms with Gasteiger partial charge in [-0.2, -0.15) is 4.98 Å². The molecule has 1 aliphatic rings. The van der Waals surface area contributed by atoms with E-state index in [1.165, 1.54) is 12.3 Å². The molecule has 0 radical (unpaired) electrons. The number of aliphatic hydroxyl groups excluding tert-OH is 2. The first-order valence-electron chi connectivity index (χ1n) is 7.55. The van der Waals surface area contributed by atoms with Gasteiger partial charge in [-0.05, 0) is 18.2 Å². The number of hydrogen-bond donors (Lipinski definition) is 3. The molecule has 4 unspecified atom stereocenters. The number of alkyl halides is 1. The number of halogens is 1. The van der Waals surface area contributed by atoms with Crippen molar-refractivity contribution in [3.8, 4) is 0 Å². The highest BCUT2D eigenvalue weighted by molar-refractivity contribution is 6.03. The Morgan fingerprint density at radius 1 is 1.32 bits per heavy atom. The van der Waals surface area contributed by atoms with Gasteiger partial charge in [-0.15, -0.1) is 0 Å². The first-order valence-corrected chi connectivity index (χ1v) is 7.55. The van der Waals surface area contributed by atoms with Crippen molar-refractivity contribution >= 4 is 11.7 Å². The van der Waals surface area contributed by atoms with Crippen LogP contribution in [-0.2, 0) is 4.74 Å². The van der Waals surface area contributed by atoms with Crippen LogP contribution < -0.4 is 11.0 Å². The number of benzene rings is 1. The summed E-state index contributed by atoms with van der Waals surface area (Å²) in [4.78, 5) is 27.9. The van der Waals surface area contributed by atoms with Crippen LogP contribution in [0.15, 0.2) is 47.4 Å². The highest BCUT2D eigenvalue weighted by Crippen LogP contribution is 2.30. The lowest BCUT2D eigenvalue weighted by molar-refractivity contribution is -0.0536. The van der Waals surface area contributed by atoms with E-state index in [-0.39, 0.29) is 5.82 Å². The number of anilines is 1. The van der Waals surface area contributed by atoms with Gasteiger partial charge in [0.2, 0.25) is 0 Å². The van der Waals surface area contributed by atoms with Crippen LogP contribution in [0, 0.1) is 0 Å². The third kappa shape index (κ3) is 3.43. The zero-order valence-electron chi connectivity index (χ0n) is 12.9. The monoisotopic (exact) mass is 349 g/mol. The van der Waals surface area contributed by atoms with Crippen molar-refractivity contribution in [2.24, 2.45) is 0 Å². The van der Waals surface area contributed by atoms with E-state index in [4.69, 9.17) is 9.84 Å². The van der Waals surface area contributed by atoms with Crippen molar-refractivity contribution in [2.45, 2.75) is 24.6 Å². The molecule has 1 saturated heterocycles. The Hall–Kier alpha value is -2.62. The Morgan fingerprint density at radius 3 is 2.64 bits per heavy atom. The van der Waals surface area contributed by atoms with Gasteiger partial charge in [-0.3, -0.25) is 9.36 Å². The predicted molar refractivity (Wildman–Crippen MR) is 84.8 cm³/mol. The van der Waals surface area contributed by atoms with E-state index in [1.54, 1.807) is 30.3 Å². The molecule has 8 nitrogen and oxygen atoms in total. The second-order valence-corrected chi connectivity index (χ2v) is 5.51. The summed E-state index contributed by atoms with van der Waals surface area (Å²) in [6, 6.07) is 9.71. The molecule has 2 aromatic rings. The maximum atomic E-state index is 13.8. The summed E-state index contributed by atoms with van der Waals surface area (Å²) in [7, 11) is 0. The third-order valence-corrected chi connectivity index (χ3v) is 3.85. The molecule has 1 aromatic carbocycles. The zero-order chi connectivity index (χ0) is 18.0. The molecule has 2 heterocycles. The fourth-order valence-electron chi connectivity index (χ4n) is 2.54. The van der Waals surface area contributed by atoms with Crippen molar-refractivity contribution in [1.82, 2.24) is 9.55 Å². The van der Waals surface area contributed by atoms with Gasteiger partial charge in [0.05, 0.1) is 6.61 Å². The Bertz CT molecular complexity index is 813. The van der Waals surface area contributed by atoms with Crippen LogP contribution in [-0.4, -0.2) is 50.7 Å². The Labute approximate surface area is 141 Å². The topological polar surface area (TPSA) is 114 Å². The summed E-state index contributed by atoms with van der Waals surface area (Å²) in [5.74, 6) is -0.426. The molecule has 0 bridgehead atoms. The van der Waals surface area contributed by atoms with Gasteiger partial charge in [-0.1, -0.05) is 18.2 Å². The summed E-state index contributed by atoms with van der Waals surface area (Å²) in [6.45, 7) is -0.623. The van der Waals surface area contributed by atoms with Crippen molar-refractivity contribution in [1.29, 1.82) is 0 Å². The Balaban J connectivity index is 1.78. The van der Waals surface area contributed by atoms with Crippen LogP contribution in [0.2, 0.25) is 0 Å². The second-order valence-electron chi connectivity index (χ2n) is 5.51. The van der Waals surface area contributed by atoms with Crippen molar-refractivity contribution < 1.29 is 24.1 Å². The standard InChI is InChI=1S/C16H16FN3O5/c17-12-10(8-21)25-15(13(12)22)20-7-6-11(19-16(20)24)18-14(23)9-4-2-1-3-5-9/h1-7,10,12-13,15,21-22H,8H2,(H,18,19,23,24). The number of nitrogens with zero attached hydrogens (tertiary/aromatic N) is 2. The van der Waals surface area contributed by atoms with E-state index in [1.807, 2.05) is 0 Å². The van der Waals surface area contributed by atoms with Crippen LogP contribution >= 0.6 is 0 Å². The second kappa shape index (κ2) is 7.09. The van der Waals surface area contributed by atoms with Gasteiger partial charge in [0.1, 0.15) is 18.0 Å². The summed E-state index contributed by atoms with van der Waals surface area (Å²) in [6.07, 6.45) is -4.72. The molecular formula is C16H16FN3O5. The van der Waals surface area contributed by atoms with Gasteiger partial charge < -0.3 is 20.3 Å². The van der Waals surface area contributed by atoms with E-state index in [9.17, 15) is 19.1 Å². The molecule has 3 N–H and O–H groups in total. The predicted octanol–water partition coefficient (Wildman–Crippen LogP) is 0.0843. The van der Waals surface area contributed by atoms with E-state index >= 15 is 0 Å². The number of aromatic nitrogens is 2. The normalized spacial score (nSPS) is 25.7. The first kappa shape index (κ1) is 17.2. The molecule has 4 atom stereocenters. The average molecular weight is 349 g/mol.